The fourth-order valence-electron chi connectivity index (χ4n) is 2.39. The van der Waals surface area contributed by atoms with Gasteiger partial charge in [0.1, 0.15) is 10.6 Å². The standard InChI is InChI=1S/C14H21NO3S/c1-4-18-14(5-7-17-8-6-14)12(16)9-13-15-10(2)11(3)19-13/h4-9H2,1-3H3. The van der Waals surface area contributed by atoms with Crippen LogP contribution in [0.2, 0.25) is 0 Å². The van der Waals surface area contributed by atoms with Crippen molar-refractivity contribution in [3.05, 3.63) is 15.6 Å². The number of thiazole rings is 1. The van der Waals surface area contributed by atoms with Crippen LogP contribution in [0.3, 0.4) is 0 Å². The van der Waals surface area contributed by atoms with Gasteiger partial charge in [-0.15, -0.1) is 11.3 Å². The highest BCUT2D eigenvalue weighted by molar-refractivity contribution is 7.11. The van der Waals surface area contributed by atoms with Crippen LogP contribution in [0.1, 0.15) is 35.3 Å². The molecule has 2 rings (SSSR count). The van der Waals surface area contributed by atoms with Crippen molar-refractivity contribution in [2.45, 2.75) is 45.6 Å². The molecule has 1 aliphatic heterocycles. The number of hydrogen-bond acceptors (Lipinski definition) is 5. The van der Waals surface area contributed by atoms with Crippen LogP contribution in [0.25, 0.3) is 0 Å². The molecule has 19 heavy (non-hydrogen) atoms. The molecule has 4 nitrogen and oxygen atoms in total. The summed E-state index contributed by atoms with van der Waals surface area (Å²) in [6.45, 7) is 7.70. The van der Waals surface area contributed by atoms with E-state index in [2.05, 4.69) is 4.98 Å². The van der Waals surface area contributed by atoms with E-state index in [1.54, 1.807) is 11.3 Å². The van der Waals surface area contributed by atoms with E-state index in [4.69, 9.17) is 9.47 Å². The molecular weight excluding hydrogens is 262 g/mol. The summed E-state index contributed by atoms with van der Waals surface area (Å²) in [5.41, 5.74) is 0.366. The average molecular weight is 283 g/mol. The van der Waals surface area contributed by atoms with Gasteiger partial charge in [-0.05, 0) is 20.8 Å². The monoisotopic (exact) mass is 283 g/mol. The number of carbonyl (C=O) groups excluding carboxylic acids is 1. The largest absolute Gasteiger partial charge is 0.381 e. The van der Waals surface area contributed by atoms with Gasteiger partial charge in [-0.3, -0.25) is 4.79 Å². The average Bonchev–Trinajstić information content (AvgIpc) is 2.69. The number of ether oxygens (including phenoxy) is 2. The van der Waals surface area contributed by atoms with E-state index in [0.717, 1.165) is 10.7 Å². The van der Waals surface area contributed by atoms with Crippen molar-refractivity contribution in [2.24, 2.45) is 0 Å². The van der Waals surface area contributed by atoms with E-state index in [1.165, 1.54) is 4.88 Å². The second kappa shape index (κ2) is 6.11. The summed E-state index contributed by atoms with van der Waals surface area (Å²) in [4.78, 5) is 18.2. The van der Waals surface area contributed by atoms with Crippen molar-refractivity contribution >= 4 is 17.1 Å². The van der Waals surface area contributed by atoms with Gasteiger partial charge in [-0.25, -0.2) is 4.98 Å². The lowest BCUT2D eigenvalue weighted by Gasteiger charge is -2.35. The number of rotatable bonds is 5. The molecule has 0 bridgehead atoms. The number of Topliss-reactive ketones (excluding diaryl/α,β-unsaturated/α-hetero) is 1. The number of hydrogen-bond donors (Lipinski definition) is 0. The highest BCUT2D eigenvalue weighted by atomic mass is 32.1. The molecule has 0 amide bonds. The molecule has 0 aliphatic carbocycles. The van der Waals surface area contributed by atoms with Crippen molar-refractivity contribution in [1.29, 1.82) is 0 Å². The first-order valence-electron chi connectivity index (χ1n) is 6.75. The summed E-state index contributed by atoms with van der Waals surface area (Å²) >= 11 is 1.60. The van der Waals surface area contributed by atoms with E-state index in [0.29, 0.717) is 39.1 Å². The van der Waals surface area contributed by atoms with E-state index >= 15 is 0 Å². The summed E-state index contributed by atoms with van der Waals surface area (Å²) in [7, 11) is 0. The highest BCUT2D eigenvalue weighted by Crippen LogP contribution is 2.29. The van der Waals surface area contributed by atoms with Gasteiger partial charge in [-0.1, -0.05) is 0 Å². The maximum Gasteiger partial charge on any atom is 0.171 e. The summed E-state index contributed by atoms with van der Waals surface area (Å²) in [6.07, 6.45) is 1.69. The zero-order valence-corrected chi connectivity index (χ0v) is 12.6. The molecule has 0 spiro atoms. The van der Waals surface area contributed by atoms with Gasteiger partial charge in [0.15, 0.2) is 5.78 Å². The quantitative estimate of drug-likeness (QED) is 0.833. The van der Waals surface area contributed by atoms with Crippen LogP contribution < -0.4 is 0 Å². The van der Waals surface area contributed by atoms with Crippen molar-refractivity contribution in [3.8, 4) is 0 Å². The fourth-order valence-corrected chi connectivity index (χ4v) is 3.33. The second-order valence-electron chi connectivity index (χ2n) is 4.89. The van der Waals surface area contributed by atoms with Crippen LogP contribution in [0.15, 0.2) is 0 Å². The van der Waals surface area contributed by atoms with Crippen LogP contribution >= 0.6 is 11.3 Å². The number of nitrogens with zero attached hydrogens (tertiary/aromatic N) is 1. The first-order chi connectivity index (χ1) is 9.07. The molecule has 0 unspecified atom stereocenters. The van der Waals surface area contributed by atoms with Gasteiger partial charge in [0.05, 0.1) is 12.1 Å². The van der Waals surface area contributed by atoms with E-state index in [1.807, 2.05) is 20.8 Å². The van der Waals surface area contributed by atoms with Gasteiger partial charge >= 0.3 is 0 Å². The zero-order valence-electron chi connectivity index (χ0n) is 11.8. The molecule has 1 saturated heterocycles. The third kappa shape index (κ3) is 3.22. The van der Waals surface area contributed by atoms with E-state index < -0.39 is 5.60 Å². The second-order valence-corrected chi connectivity index (χ2v) is 6.18. The molecule has 0 aromatic carbocycles. The Morgan fingerprint density at radius 2 is 2.11 bits per heavy atom. The Labute approximate surface area is 118 Å². The molecule has 5 heteroatoms. The Morgan fingerprint density at radius 1 is 1.42 bits per heavy atom. The predicted octanol–water partition coefficient (Wildman–Crippen LogP) is 2.46. The molecular formula is C14H21NO3S. The highest BCUT2D eigenvalue weighted by Gasteiger charge is 2.40. The van der Waals surface area contributed by atoms with Crippen molar-refractivity contribution in [2.75, 3.05) is 19.8 Å². The van der Waals surface area contributed by atoms with Crippen molar-refractivity contribution < 1.29 is 14.3 Å². The molecule has 1 aromatic rings. The minimum atomic E-state index is -0.652. The number of aryl methyl sites for hydroxylation is 2. The summed E-state index contributed by atoms with van der Waals surface area (Å²) in [5.74, 6) is 0.145. The van der Waals surface area contributed by atoms with Crippen LogP contribution in [0.5, 0.6) is 0 Å². The third-order valence-corrected chi connectivity index (χ3v) is 4.69. The normalized spacial score (nSPS) is 18.5. The molecule has 106 valence electrons. The maximum absolute atomic E-state index is 12.6. The first kappa shape index (κ1) is 14.6. The summed E-state index contributed by atoms with van der Waals surface area (Å²) in [5, 5.41) is 0.894. The van der Waals surface area contributed by atoms with Gasteiger partial charge in [0.2, 0.25) is 0 Å². The Bertz CT molecular complexity index is 425. The summed E-state index contributed by atoms with van der Waals surface area (Å²) < 4.78 is 11.1. The lowest BCUT2D eigenvalue weighted by atomic mass is 9.87. The first-order valence-corrected chi connectivity index (χ1v) is 7.57. The smallest absolute Gasteiger partial charge is 0.171 e. The fraction of sp³-hybridized carbons (Fsp3) is 0.714. The summed E-state index contributed by atoms with van der Waals surface area (Å²) in [6, 6.07) is 0. The Balaban J connectivity index is 2.11. The minimum absolute atomic E-state index is 0.145. The van der Waals surface area contributed by atoms with Gasteiger partial charge in [0, 0.05) is 37.5 Å². The van der Waals surface area contributed by atoms with Gasteiger partial charge in [-0.2, -0.15) is 0 Å². The molecule has 0 N–H and O–H groups in total. The number of aromatic nitrogens is 1. The van der Waals surface area contributed by atoms with Crippen LogP contribution in [-0.4, -0.2) is 36.2 Å². The van der Waals surface area contributed by atoms with E-state index in [9.17, 15) is 4.79 Å². The molecule has 1 aliphatic rings. The zero-order chi connectivity index (χ0) is 13.9. The maximum atomic E-state index is 12.6. The van der Waals surface area contributed by atoms with Crippen LogP contribution in [0.4, 0.5) is 0 Å². The van der Waals surface area contributed by atoms with Gasteiger partial charge < -0.3 is 9.47 Å². The third-order valence-electron chi connectivity index (χ3n) is 3.61. The van der Waals surface area contributed by atoms with Crippen LogP contribution in [-0.2, 0) is 20.7 Å². The lowest BCUT2D eigenvalue weighted by Crippen LogP contribution is -2.47. The molecule has 1 fully saturated rings. The SMILES string of the molecule is CCOC1(C(=O)Cc2nc(C)c(C)s2)CCOCC1. The lowest BCUT2D eigenvalue weighted by molar-refractivity contribution is -0.156. The molecule has 2 heterocycles. The Hall–Kier alpha value is -0.780. The van der Waals surface area contributed by atoms with Gasteiger partial charge in [0.25, 0.3) is 0 Å². The number of carbonyl (C=O) groups is 1. The Morgan fingerprint density at radius 3 is 2.63 bits per heavy atom. The van der Waals surface area contributed by atoms with Crippen molar-refractivity contribution in [1.82, 2.24) is 4.98 Å². The van der Waals surface area contributed by atoms with E-state index in [-0.39, 0.29) is 5.78 Å². The topological polar surface area (TPSA) is 48.4 Å². The molecule has 0 radical (unpaired) electrons. The molecule has 0 saturated carbocycles. The molecule has 0 atom stereocenters. The number of ketones is 1. The minimum Gasteiger partial charge on any atom is -0.381 e. The molecule has 1 aromatic heterocycles. The predicted molar refractivity (Wildman–Crippen MR) is 74.7 cm³/mol. The Kier molecular flexibility index (Phi) is 4.71. The van der Waals surface area contributed by atoms with Crippen molar-refractivity contribution in [3.63, 3.8) is 0 Å². The van der Waals surface area contributed by atoms with Crippen LogP contribution in [0, 0.1) is 13.8 Å².